The van der Waals surface area contributed by atoms with Crippen LogP contribution in [-0.2, 0) is 9.59 Å². The van der Waals surface area contributed by atoms with Crippen LogP contribution in [0.15, 0.2) is 48.5 Å². The fourth-order valence-electron chi connectivity index (χ4n) is 2.49. The fraction of sp³-hybridized carbons (Fsp3) is 0.333. The van der Waals surface area contributed by atoms with Crippen molar-refractivity contribution >= 4 is 17.5 Å². The number of anilines is 1. The molecular weight excluding hydrogens is 342 g/mol. The molecule has 3 N–H and O–H groups in total. The Kier molecular flexibility index (Phi) is 6.96. The number of hydrogen-bond acceptors (Lipinski definition) is 4. The predicted octanol–water partition coefficient (Wildman–Crippen LogP) is 2.74. The van der Waals surface area contributed by atoms with Gasteiger partial charge < -0.3 is 20.7 Å². The molecule has 0 saturated heterocycles. The number of aryl methyl sites for hydroxylation is 1. The van der Waals surface area contributed by atoms with Crippen LogP contribution in [0, 0.1) is 12.8 Å². The quantitative estimate of drug-likeness (QED) is 0.786. The second-order valence-electron chi connectivity index (χ2n) is 6.79. The lowest BCUT2D eigenvalue weighted by atomic mass is 9.94. The molecule has 6 nitrogen and oxygen atoms in total. The summed E-state index contributed by atoms with van der Waals surface area (Å²) in [4.78, 5) is 25.9. The van der Waals surface area contributed by atoms with Crippen molar-refractivity contribution in [3.63, 3.8) is 0 Å². The molecule has 144 valence electrons. The minimum Gasteiger partial charge on any atom is -0.482 e. The molecule has 0 aliphatic rings. The highest BCUT2D eigenvalue weighted by molar-refractivity contribution is 5.94. The lowest BCUT2D eigenvalue weighted by Crippen LogP contribution is -2.31. The van der Waals surface area contributed by atoms with Crippen LogP contribution in [0.4, 0.5) is 5.69 Å². The van der Waals surface area contributed by atoms with Gasteiger partial charge in [0.1, 0.15) is 5.75 Å². The second-order valence-corrected chi connectivity index (χ2v) is 6.79. The first-order valence-electron chi connectivity index (χ1n) is 8.84. The van der Waals surface area contributed by atoms with Crippen molar-refractivity contribution in [1.29, 1.82) is 0 Å². The Morgan fingerprint density at radius 2 is 1.81 bits per heavy atom. The van der Waals surface area contributed by atoms with Gasteiger partial charge in [-0.25, -0.2) is 0 Å². The molecule has 0 aliphatic carbocycles. The lowest BCUT2D eigenvalue weighted by molar-refractivity contribution is -0.130. The Labute approximate surface area is 160 Å². The summed E-state index contributed by atoms with van der Waals surface area (Å²) in [7, 11) is 3.33. The Bertz CT molecular complexity index is 791. The van der Waals surface area contributed by atoms with Gasteiger partial charge in [0.2, 0.25) is 5.91 Å². The first-order valence-corrected chi connectivity index (χ1v) is 8.84. The van der Waals surface area contributed by atoms with Gasteiger partial charge in [-0.1, -0.05) is 43.3 Å². The van der Waals surface area contributed by atoms with E-state index in [-0.39, 0.29) is 18.4 Å². The summed E-state index contributed by atoms with van der Waals surface area (Å²) < 4.78 is 5.63. The summed E-state index contributed by atoms with van der Waals surface area (Å²) in [5.74, 6) is -0.351. The number of nitrogens with one attached hydrogen (secondary N) is 1. The second kappa shape index (κ2) is 9.19. The smallest absolute Gasteiger partial charge is 0.259 e. The van der Waals surface area contributed by atoms with Gasteiger partial charge in [-0.05, 0) is 30.2 Å². The average molecular weight is 369 g/mol. The van der Waals surface area contributed by atoms with E-state index < -0.39 is 12.0 Å². The van der Waals surface area contributed by atoms with Crippen molar-refractivity contribution in [2.45, 2.75) is 19.9 Å². The highest BCUT2D eigenvalue weighted by Crippen LogP contribution is 2.28. The Morgan fingerprint density at radius 1 is 1.15 bits per heavy atom. The van der Waals surface area contributed by atoms with E-state index >= 15 is 0 Å². The third kappa shape index (κ3) is 5.56. The minimum absolute atomic E-state index is 0.0988. The summed E-state index contributed by atoms with van der Waals surface area (Å²) >= 11 is 0. The molecule has 0 heterocycles. The molecular formula is C21H27N3O3. The molecule has 6 heteroatoms. The highest BCUT2D eigenvalue weighted by Gasteiger charge is 2.23. The summed E-state index contributed by atoms with van der Waals surface area (Å²) in [6.07, 6.45) is 0. The zero-order chi connectivity index (χ0) is 20.0. The van der Waals surface area contributed by atoms with Crippen molar-refractivity contribution in [2.75, 3.05) is 26.0 Å². The van der Waals surface area contributed by atoms with Crippen LogP contribution in [-0.4, -0.2) is 37.4 Å². The zero-order valence-corrected chi connectivity index (χ0v) is 16.2. The van der Waals surface area contributed by atoms with Crippen LogP contribution in [0.2, 0.25) is 0 Å². The average Bonchev–Trinajstić information content (AvgIpc) is 2.67. The van der Waals surface area contributed by atoms with Gasteiger partial charge >= 0.3 is 0 Å². The van der Waals surface area contributed by atoms with Crippen LogP contribution >= 0.6 is 0 Å². The predicted molar refractivity (Wildman–Crippen MR) is 107 cm³/mol. The van der Waals surface area contributed by atoms with Gasteiger partial charge in [-0.3, -0.25) is 9.59 Å². The molecule has 0 fully saturated rings. The Hall–Kier alpha value is -2.86. The number of rotatable bonds is 7. The van der Waals surface area contributed by atoms with E-state index in [0.717, 1.165) is 11.1 Å². The van der Waals surface area contributed by atoms with E-state index in [0.29, 0.717) is 11.4 Å². The molecule has 2 unspecified atom stereocenters. The maximum absolute atomic E-state index is 12.7. The van der Waals surface area contributed by atoms with Gasteiger partial charge in [-0.15, -0.1) is 0 Å². The maximum atomic E-state index is 12.7. The standard InChI is InChI=1S/C21H27N3O3/c1-14-10-11-17(18(12-14)27-13-19(25)24(3)4)23-21(26)15(2)20(22)16-8-6-5-7-9-16/h5-12,15,20H,13,22H2,1-4H3,(H,23,26). The van der Waals surface area contributed by atoms with Gasteiger partial charge in [0.15, 0.2) is 6.61 Å². The Balaban J connectivity index is 2.11. The van der Waals surface area contributed by atoms with Crippen molar-refractivity contribution in [2.24, 2.45) is 11.7 Å². The van der Waals surface area contributed by atoms with Gasteiger partial charge in [0.05, 0.1) is 11.6 Å². The summed E-state index contributed by atoms with van der Waals surface area (Å²) in [5, 5.41) is 2.87. The van der Waals surface area contributed by atoms with E-state index in [9.17, 15) is 9.59 Å². The number of carbonyl (C=O) groups is 2. The molecule has 2 aromatic carbocycles. The van der Waals surface area contributed by atoms with Crippen LogP contribution in [0.3, 0.4) is 0 Å². The normalized spacial score (nSPS) is 12.8. The van der Waals surface area contributed by atoms with Crippen LogP contribution < -0.4 is 15.8 Å². The third-order valence-electron chi connectivity index (χ3n) is 4.38. The number of carbonyl (C=O) groups excluding carboxylic acids is 2. The van der Waals surface area contributed by atoms with Crippen LogP contribution in [0.1, 0.15) is 24.1 Å². The molecule has 0 spiro atoms. The van der Waals surface area contributed by atoms with E-state index in [4.69, 9.17) is 10.5 Å². The molecule has 2 aromatic rings. The third-order valence-corrected chi connectivity index (χ3v) is 4.38. The van der Waals surface area contributed by atoms with E-state index in [1.165, 1.54) is 4.90 Å². The molecule has 0 saturated carbocycles. The maximum Gasteiger partial charge on any atom is 0.259 e. The van der Waals surface area contributed by atoms with E-state index in [1.807, 2.05) is 43.3 Å². The molecule has 2 atom stereocenters. The fourth-order valence-corrected chi connectivity index (χ4v) is 2.49. The topological polar surface area (TPSA) is 84.7 Å². The molecule has 2 rings (SSSR count). The van der Waals surface area contributed by atoms with Crippen molar-refractivity contribution in [1.82, 2.24) is 4.90 Å². The van der Waals surface area contributed by atoms with Gasteiger partial charge in [0.25, 0.3) is 5.91 Å². The first-order chi connectivity index (χ1) is 12.8. The van der Waals surface area contributed by atoms with Crippen LogP contribution in [0.5, 0.6) is 5.75 Å². The molecule has 27 heavy (non-hydrogen) atoms. The zero-order valence-electron chi connectivity index (χ0n) is 16.2. The lowest BCUT2D eigenvalue weighted by Gasteiger charge is -2.21. The number of nitrogens with two attached hydrogens (primary N) is 1. The highest BCUT2D eigenvalue weighted by atomic mass is 16.5. The monoisotopic (exact) mass is 369 g/mol. The Morgan fingerprint density at radius 3 is 2.44 bits per heavy atom. The first kappa shape index (κ1) is 20.5. The number of amides is 2. The molecule has 0 aliphatic heterocycles. The number of hydrogen-bond donors (Lipinski definition) is 2. The molecule has 0 radical (unpaired) electrons. The minimum atomic E-state index is -0.440. The van der Waals surface area contributed by atoms with E-state index in [1.54, 1.807) is 33.2 Å². The van der Waals surface area contributed by atoms with Crippen molar-refractivity contribution < 1.29 is 14.3 Å². The van der Waals surface area contributed by atoms with Crippen LogP contribution in [0.25, 0.3) is 0 Å². The van der Waals surface area contributed by atoms with Crippen molar-refractivity contribution in [3.05, 3.63) is 59.7 Å². The van der Waals surface area contributed by atoms with Gasteiger partial charge in [0, 0.05) is 20.1 Å². The number of likely N-dealkylation sites (N-methyl/N-ethyl adjacent to an activating group) is 1. The molecule has 0 bridgehead atoms. The number of benzene rings is 2. The summed E-state index contributed by atoms with van der Waals surface area (Å²) in [6.45, 7) is 3.61. The molecule has 0 aromatic heterocycles. The molecule has 2 amide bonds. The van der Waals surface area contributed by atoms with Gasteiger partial charge in [-0.2, -0.15) is 0 Å². The van der Waals surface area contributed by atoms with E-state index in [2.05, 4.69) is 5.32 Å². The SMILES string of the molecule is Cc1ccc(NC(=O)C(C)C(N)c2ccccc2)c(OCC(=O)N(C)C)c1. The number of nitrogens with zero attached hydrogens (tertiary/aromatic N) is 1. The number of ether oxygens (including phenoxy) is 1. The van der Waals surface area contributed by atoms with Crippen molar-refractivity contribution in [3.8, 4) is 5.75 Å². The summed E-state index contributed by atoms with van der Waals surface area (Å²) in [6, 6.07) is 14.5. The summed E-state index contributed by atoms with van der Waals surface area (Å²) in [5.41, 5.74) is 8.63. The largest absolute Gasteiger partial charge is 0.482 e.